The first-order valence-electron chi connectivity index (χ1n) is 9.04. The van der Waals surface area contributed by atoms with Gasteiger partial charge in [-0.05, 0) is 66.9 Å². The van der Waals surface area contributed by atoms with Gasteiger partial charge in [-0.2, -0.15) is 5.10 Å². The Balaban J connectivity index is 1.54. The number of thioether (sulfide) groups is 1. The summed E-state index contributed by atoms with van der Waals surface area (Å²) in [6.45, 7) is 4.00. The van der Waals surface area contributed by atoms with E-state index in [0.29, 0.717) is 5.17 Å². The third kappa shape index (κ3) is 5.68. The van der Waals surface area contributed by atoms with Crippen LogP contribution in [0.4, 0.5) is 5.69 Å². The lowest BCUT2D eigenvalue weighted by atomic mass is 10.1. The number of nitrogens with zero attached hydrogens (tertiary/aromatic N) is 2. The van der Waals surface area contributed by atoms with E-state index in [1.807, 2.05) is 56.3 Å². The number of amidine groups is 1. The maximum Gasteiger partial charge on any atom is 0.240 e. The summed E-state index contributed by atoms with van der Waals surface area (Å²) in [7, 11) is 1.60. The van der Waals surface area contributed by atoms with Crippen LogP contribution in [0.5, 0.6) is 5.75 Å². The van der Waals surface area contributed by atoms with Gasteiger partial charge in [0.1, 0.15) is 11.0 Å². The molecular weight excluding hydrogens is 388 g/mol. The number of carbonyl (C=O) groups excluding carboxylic acids is 2. The highest BCUT2D eigenvalue weighted by molar-refractivity contribution is 8.15. The molecule has 1 unspecified atom stereocenters. The molecule has 150 valence electrons. The van der Waals surface area contributed by atoms with Crippen molar-refractivity contribution in [1.82, 2.24) is 5.32 Å². The summed E-state index contributed by atoms with van der Waals surface area (Å²) in [4.78, 5) is 24.4. The number of aryl methyl sites for hydroxylation is 2. The van der Waals surface area contributed by atoms with Crippen LogP contribution in [0.25, 0.3) is 0 Å². The van der Waals surface area contributed by atoms with E-state index in [1.165, 1.54) is 11.8 Å². The Morgan fingerprint density at radius 3 is 2.66 bits per heavy atom. The fraction of sp³-hybridized carbons (Fsp3) is 0.238. The first-order chi connectivity index (χ1) is 13.9. The van der Waals surface area contributed by atoms with Crippen molar-refractivity contribution in [3.63, 3.8) is 0 Å². The van der Waals surface area contributed by atoms with Crippen LogP contribution in [-0.2, 0) is 9.59 Å². The third-order valence-corrected chi connectivity index (χ3v) is 5.48. The molecule has 2 aromatic carbocycles. The van der Waals surface area contributed by atoms with Gasteiger partial charge in [0.15, 0.2) is 5.17 Å². The number of nitrogens with one attached hydrogen (secondary N) is 2. The summed E-state index contributed by atoms with van der Waals surface area (Å²) in [6.07, 6.45) is 1.64. The van der Waals surface area contributed by atoms with Gasteiger partial charge in [-0.3, -0.25) is 9.59 Å². The normalized spacial score (nSPS) is 17.6. The monoisotopic (exact) mass is 410 g/mol. The Kier molecular flexibility index (Phi) is 6.66. The highest BCUT2D eigenvalue weighted by Crippen LogP contribution is 2.23. The third-order valence-electron chi connectivity index (χ3n) is 4.41. The first-order valence-corrected chi connectivity index (χ1v) is 9.92. The van der Waals surface area contributed by atoms with Crippen LogP contribution in [0.1, 0.15) is 23.1 Å². The van der Waals surface area contributed by atoms with Crippen molar-refractivity contribution in [2.75, 3.05) is 12.4 Å². The van der Waals surface area contributed by atoms with Gasteiger partial charge in [-0.15, -0.1) is 5.10 Å². The van der Waals surface area contributed by atoms with Gasteiger partial charge in [0, 0.05) is 12.1 Å². The largest absolute Gasteiger partial charge is 0.497 e. The molecule has 0 radical (unpaired) electrons. The van der Waals surface area contributed by atoms with Crippen molar-refractivity contribution in [2.45, 2.75) is 25.5 Å². The molecule has 7 nitrogen and oxygen atoms in total. The number of carbonyl (C=O) groups is 2. The van der Waals surface area contributed by atoms with E-state index in [1.54, 1.807) is 13.3 Å². The summed E-state index contributed by atoms with van der Waals surface area (Å²) in [5, 5.41) is 13.4. The molecule has 1 atom stereocenters. The molecule has 0 spiro atoms. The van der Waals surface area contributed by atoms with Crippen molar-refractivity contribution < 1.29 is 14.3 Å². The smallest absolute Gasteiger partial charge is 0.240 e. The van der Waals surface area contributed by atoms with Crippen molar-refractivity contribution in [3.05, 3.63) is 59.2 Å². The number of rotatable bonds is 6. The molecule has 1 aliphatic rings. The van der Waals surface area contributed by atoms with Crippen molar-refractivity contribution in [1.29, 1.82) is 0 Å². The maximum atomic E-state index is 12.3. The number of hydrogen-bond donors (Lipinski definition) is 2. The van der Waals surface area contributed by atoms with Crippen molar-refractivity contribution >= 4 is 40.6 Å². The van der Waals surface area contributed by atoms with Gasteiger partial charge >= 0.3 is 0 Å². The molecule has 1 aliphatic heterocycles. The number of ether oxygens (including phenoxy) is 1. The van der Waals surface area contributed by atoms with Gasteiger partial charge in [0.25, 0.3) is 0 Å². The van der Waals surface area contributed by atoms with Gasteiger partial charge in [-0.1, -0.05) is 17.8 Å². The molecule has 1 saturated heterocycles. The predicted octanol–water partition coefficient (Wildman–Crippen LogP) is 3.26. The van der Waals surface area contributed by atoms with Crippen LogP contribution >= 0.6 is 11.8 Å². The average Bonchev–Trinajstić information content (AvgIpc) is 3.04. The van der Waals surface area contributed by atoms with E-state index in [9.17, 15) is 9.59 Å². The highest BCUT2D eigenvalue weighted by atomic mass is 32.2. The molecule has 2 N–H and O–H groups in total. The molecule has 1 fully saturated rings. The number of methoxy groups -OCH3 is 1. The Bertz CT molecular complexity index is 970. The van der Waals surface area contributed by atoms with Crippen molar-refractivity contribution in [3.8, 4) is 5.75 Å². The van der Waals surface area contributed by atoms with E-state index >= 15 is 0 Å². The van der Waals surface area contributed by atoms with Crippen LogP contribution in [0.2, 0.25) is 0 Å². The summed E-state index contributed by atoms with van der Waals surface area (Å²) >= 11 is 1.20. The van der Waals surface area contributed by atoms with E-state index in [0.717, 1.165) is 28.1 Å². The lowest BCUT2D eigenvalue weighted by Gasteiger charge is -2.09. The second-order valence-corrected chi connectivity index (χ2v) is 7.76. The molecule has 2 aromatic rings. The zero-order valence-corrected chi connectivity index (χ0v) is 17.2. The van der Waals surface area contributed by atoms with Crippen LogP contribution in [0.15, 0.2) is 52.7 Å². The fourth-order valence-corrected chi connectivity index (χ4v) is 3.55. The van der Waals surface area contributed by atoms with Crippen LogP contribution < -0.4 is 15.4 Å². The minimum Gasteiger partial charge on any atom is -0.497 e. The highest BCUT2D eigenvalue weighted by Gasteiger charge is 2.32. The molecule has 0 aliphatic carbocycles. The van der Waals surface area contributed by atoms with Crippen LogP contribution in [0, 0.1) is 13.8 Å². The zero-order valence-electron chi connectivity index (χ0n) is 16.4. The van der Waals surface area contributed by atoms with Gasteiger partial charge in [0.05, 0.1) is 13.3 Å². The summed E-state index contributed by atoms with van der Waals surface area (Å²) in [6, 6.07) is 13.1. The Morgan fingerprint density at radius 1 is 1.21 bits per heavy atom. The minimum absolute atomic E-state index is 0.0602. The second kappa shape index (κ2) is 9.38. The van der Waals surface area contributed by atoms with E-state index in [4.69, 9.17) is 4.74 Å². The van der Waals surface area contributed by atoms with Crippen molar-refractivity contribution in [2.24, 2.45) is 10.2 Å². The lowest BCUT2D eigenvalue weighted by Crippen LogP contribution is -2.28. The Labute approximate surface area is 173 Å². The SMILES string of the molecule is COc1ccc(/C=N/N=C2\NC(=O)C(CC(=O)Nc3ccc(C)c(C)c3)S2)cc1. The summed E-state index contributed by atoms with van der Waals surface area (Å²) < 4.78 is 5.10. The minimum atomic E-state index is -0.531. The molecular formula is C21H22N4O3S. The number of amides is 2. The topological polar surface area (TPSA) is 92.2 Å². The van der Waals surface area contributed by atoms with Gasteiger partial charge in [-0.25, -0.2) is 0 Å². The molecule has 0 aromatic heterocycles. The number of hydrogen-bond acceptors (Lipinski definition) is 6. The Morgan fingerprint density at radius 2 is 1.97 bits per heavy atom. The average molecular weight is 410 g/mol. The molecule has 3 rings (SSSR count). The van der Waals surface area contributed by atoms with Gasteiger partial charge in [0.2, 0.25) is 11.8 Å². The maximum absolute atomic E-state index is 12.3. The lowest BCUT2D eigenvalue weighted by molar-refractivity contribution is -0.122. The number of benzene rings is 2. The second-order valence-electron chi connectivity index (χ2n) is 6.57. The quantitative estimate of drug-likeness (QED) is 0.565. The Hall–Kier alpha value is -3.13. The molecule has 0 bridgehead atoms. The van der Waals surface area contributed by atoms with Gasteiger partial charge < -0.3 is 15.4 Å². The van der Waals surface area contributed by atoms with Crippen LogP contribution in [-0.4, -0.2) is 35.6 Å². The standard InChI is InChI=1S/C21H22N4O3S/c1-13-4-7-16(10-14(13)2)23-19(26)11-18-20(27)24-21(29-18)25-22-12-15-5-8-17(28-3)9-6-15/h4-10,12,18H,11H2,1-3H3,(H,23,26)(H,24,25,27)/b22-12+. The van der Waals surface area contributed by atoms with E-state index in [2.05, 4.69) is 20.8 Å². The zero-order chi connectivity index (χ0) is 20.8. The molecule has 8 heteroatoms. The molecule has 0 saturated carbocycles. The first kappa shape index (κ1) is 20.6. The molecule has 1 heterocycles. The summed E-state index contributed by atoms with van der Waals surface area (Å²) in [5.74, 6) is 0.293. The fourth-order valence-electron chi connectivity index (χ4n) is 2.62. The molecule has 29 heavy (non-hydrogen) atoms. The molecule has 2 amide bonds. The predicted molar refractivity (Wildman–Crippen MR) is 117 cm³/mol. The van der Waals surface area contributed by atoms with Crippen LogP contribution in [0.3, 0.4) is 0 Å². The van der Waals surface area contributed by atoms with E-state index in [-0.39, 0.29) is 18.2 Å². The van der Waals surface area contributed by atoms with E-state index < -0.39 is 5.25 Å². The number of anilines is 1. The summed E-state index contributed by atoms with van der Waals surface area (Å²) in [5.41, 5.74) is 3.83.